The number of imidazole rings is 1. The number of nitrogens with one attached hydrogen (secondary N) is 1. The quantitative estimate of drug-likeness (QED) is 0.539. The average Bonchev–Trinajstić information content (AvgIpc) is 3.08. The fourth-order valence-corrected chi connectivity index (χ4v) is 8.27. The number of nitriles is 1. The molecule has 0 bridgehead atoms. The van der Waals surface area contributed by atoms with Crippen LogP contribution in [0.4, 0.5) is 4.39 Å². The molecule has 0 aliphatic heterocycles. The molecule has 1 N–H and O–H groups in total. The van der Waals surface area contributed by atoms with Crippen LogP contribution in [0.25, 0.3) is 5.52 Å². The van der Waals surface area contributed by atoms with Crippen LogP contribution in [0.5, 0.6) is 0 Å². The molecule has 0 atom stereocenters. The maximum atomic E-state index is 14.6. The van der Waals surface area contributed by atoms with E-state index < -0.39 is 44.7 Å². The van der Waals surface area contributed by atoms with Crippen molar-refractivity contribution in [3.05, 3.63) is 23.4 Å². The summed E-state index contributed by atoms with van der Waals surface area (Å²) in [5.41, 5.74) is -0.622. The Kier molecular flexibility index (Phi) is 4.15. The first-order valence-corrected chi connectivity index (χ1v) is 19.2. The monoisotopic (exact) mass is 478 g/mol. The van der Waals surface area contributed by atoms with Crippen LogP contribution in [0.3, 0.4) is 0 Å². The van der Waals surface area contributed by atoms with Crippen molar-refractivity contribution in [1.82, 2.24) is 14.1 Å². The van der Waals surface area contributed by atoms with Gasteiger partial charge in [0.2, 0.25) is 0 Å². The zero-order chi connectivity index (χ0) is 17.9. The zero-order valence-electron chi connectivity index (χ0n) is 13.4. The second-order valence-corrected chi connectivity index (χ2v) is 23.2. The number of hydrogen-bond acceptors (Lipinski definition) is 4. The number of halogens is 2. The topological polar surface area (TPSA) is 87.3 Å². The summed E-state index contributed by atoms with van der Waals surface area (Å²) in [6.07, 6.45) is 2.24. The van der Waals surface area contributed by atoms with E-state index in [1.165, 1.54) is 16.8 Å². The Morgan fingerprint density at radius 3 is 2.58 bits per heavy atom. The van der Waals surface area contributed by atoms with Crippen molar-refractivity contribution in [1.29, 1.82) is 5.26 Å². The summed E-state index contributed by atoms with van der Waals surface area (Å²) in [5.74, 6) is -1.04. The van der Waals surface area contributed by atoms with E-state index >= 15 is 0 Å². The summed E-state index contributed by atoms with van der Waals surface area (Å²) in [5, 5.41) is 8.75. The van der Waals surface area contributed by atoms with Crippen molar-refractivity contribution in [3.8, 4) is 6.07 Å². The number of hydrogen-bond donors (Lipinski definition) is 1. The van der Waals surface area contributed by atoms with Gasteiger partial charge in [-0.15, -0.1) is 0 Å². The second kappa shape index (κ2) is 5.56. The molecule has 0 spiro atoms. The fourth-order valence-electron chi connectivity index (χ4n) is 2.49. The Labute approximate surface area is 148 Å². The van der Waals surface area contributed by atoms with E-state index in [2.05, 4.69) is 24.5 Å². The average molecular weight is 478 g/mol. The first kappa shape index (κ1) is 17.9. The summed E-state index contributed by atoms with van der Waals surface area (Å²) >= 11 is 3.37. The van der Waals surface area contributed by atoms with Gasteiger partial charge in [-0.25, -0.2) is 0 Å². The molecule has 2 heterocycles. The molecular formula is C14H16ClFN4O2SSn. The van der Waals surface area contributed by atoms with Gasteiger partial charge in [0.1, 0.15) is 0 Å². The Bertz CT molecular complexity index is 987. The van der Waals surface area contributed by atoms with Crippen LogP contribution in [0.2, 0.25) is 20.0 Å². The van der Waals surface area contributed by atoms with Crippen LogP contribution in [0.15, 0.2) is 17.3 Å². The van der Waals surface area contributed by atoms with Gasteiger partial charge in [0.25, 0.3) is 0 Å². The Hall–Kier alpha value is -0.891. The molecule has 2 aromatic rings. The van der Waals surface area contributed by atoms with Gasteiger partial charge in [-0.2, -0.15) is 0 Å². The molecule has 0 unspecified atom stereocenters. The molecule has 2 aromatic heterocycles. The Balaban J connectivity index is 2.22. The number of aromatic nitrogens is 2. The van der Waals surface area contributed by atoms with Crippen LogP contribution in [-0.4, -0.2) is 41.7 Å². The molecule has 128 valence electrons. The molecule has 3 rings (SSSR count). The summed E-state index contributed by atoms with van der Waals surface area (Å²) in [7, 11) is -4.20. The van der Waals surface area contributed by atoms with Crippen LogP contribution >= 0.6 is 11.6 Å². The van der Waals surface area contributed by atoms with Crippen molar-refractivity contribution in [2.75, 3.05) is 0 Å². The molecule has 1 aliphatic rings. The number of rotatable bonds is 4. The predicted octanol–water partition coefficient (Wildman–Crippen LogP) is 2.01. The summed E-state index contributed by atoms with van der Waals surface area (Å²) < 4.78 is 44.2. The first-order valence-electron chi connectivity index (χ1n) is 7.31. The first-order chi connectivity index (χ1) is 11.0. The van der Waals surface area contributed by atoms with Crippen molar-refractivity contribution >= 4 is 49.2 Å². The standard InChI is InChI=1S/C11H7ClFN4O2S.3CH3.Sn/c12-10-9(13)8(3-7-4-15-6-17(7)10)20(18,19)16-11(5-14)1-2-11;;;;/h3,6,16H,1-2H2;3*1H3;. The van der Waals surface area contributed by atoms with Gasteiger partial charge in [0.15, 0.2) is 0 Å². The third-order valence-corrected chi connectivity index (χ3v) is 11.0. The van der Waals surface area contributed by atoms with Crippen LogP contribution in [-0.2, 0) is 10.0 Å². The van der Waals surface area contributed by atoms with E-state index in [1.54, 1.807) is 0 Å². The van der Waals surface area contributed by atoms with Gasteiger partial charge in [-0.1, -0.05) is 0 Å². The molecule has 6 nitrogen and oxygen atoms in total. The van der Waals surface area contributed by atoms with E-state index in [0.717, 1.165) is 3.71 Å². The van der Waals surface area contributed by atoms with E-state index in [9.17, 15) is 12.8 Å². The molecule has 1 saturated carbocycles. The summed E-state index contributed by atoms with van der Waals surface area (Å²) in [6.45, 7) is 0. The Morgan fingerprint density at radius 2 is 2.08 bits per heavy atom. The minimum absolute atomic E-state index is 0.330. The van der Waals surface area contributed by atoms with Gasteiger partial charge in [-0.05, 0) is 0 Å². The molecule has 0 saturated heterocycles. The normalized spacial score (nSPS) is 17.0. The van der Waals surface area contributed by atoms with E-state index in [4.69, 9.17) is 16.9 Å². The molecule has 10 heteroatoms. The van der Waals surface area contributed by atoms with Crippen molar-refractivity contribution in [2.24, 2.45) is 0 Å². The maximum absolute atomic E-state index is 14.6. The molecule has 0 radical (unpaired) electrons. The van der Waals surface area contributed by atoms with E-state index in [0.29, 0.717) is 18.4 Å². The van der Waals surface area contributed by atoms with Crippen molar-refractivity contribution < 1.29 is 12.8 Å². The predicted molar refractivity (Wildman–Crippen MR) is 91.0 cm³/mol. The summed E-state index contributed by atoms with van der Waals surface area (Å²) in [6, 6.07) is 3.19. The molecule has 1 fully saturated rings. The molecule has 1 aliphatic carbocycles. The fraction of sp³-hybridized carbons (Fsp3) is 0.429. The number of sulfonamides is 1. The minimum atomic E-state index is -4.20. The Morgan fingerprint density at radius 1 is 1.46 bits per heavy atom. The van der Waals surface area contributed by atoms with Gasteiger partial charge in [0, 0.05) is 0 Å². The van der Waals surface area contributed by atoms with Crippen LogP contribution in [0.1, 0.15) is 12.8 Å². The van der Waals surface area contributed by atoms with Gasteiger partial charge in [-0.3, -0.25) is 0 Å². The van der Waals surface area contributed by atoms with Crippen LogP contribution < -0.4 is 8.43 Å². The third-order valence-electron chi connectivity index (χ3n) is 3.97. The van der Waals surface area contributed by atoms with Crippen molar-refractivity contribution in [2.45, 2.75) is 38.1 Å². The van der Waals surface area contributed by atoms with Gasteiger partial charge >= 0.3 is 149 Å². The van der Waals surface area contributed by atoms with Crippen LogP contribution in [0, 0.1) is 17.1 Å². The zero-order valence-corrected chi connectivity index (χ0v) is 17.8. The van der Waals surface area contributed by atoms with Crippen molar-refractivity contribution in [3.63, 3.8) is 0 Å². The third kappa shape index (κ3) is 2.92. The van der Waals surface area contributed by atoms with Gasteiger partial charge in [0.05, 0.1) is 0 Å². The number of pyridine rings is 1. The second-order valence-electron chi connectivity index (χ2n) is 7.01. The molecule has 0 aromatic carbocycles. The SMILES string of the molecule is [CH3][Sn]([CH3])([CH3])[c]1ncn2c(Cl)c(F)c(S(=O)(=O)NC3(C#N)CC3)cc12. The van der Waals surface area contributed by atoms with E-state index in [1.807, 2.05) is 6.07 Å². The number of fused-ring (bicyclic) bond motifs is 1. The van der Waals surface area contributed by atoms with E-state index in [-0.39, 0.29) is 5.15 Å². The molecule has 24 heavy (non-hydrogen) atoms. The molecular weight excluding hydrogens is 461 g/mol. The van der Waals surface area contributed by atoms with Gasteiger partial charge < -0.3 is 0 Å². The molecule has 0 amide bonds. The summed E-state index contributed by atoms with van der Waals surface area (Å²) in [4.78, 5) is 10.2. The number of nitrogens with zero attached hydrogens (tertiary/aromatic N) is 3.